The van der Waals surface area contributed by atoms with Crippen LogP contribution in [0.5, 0.6) is 0 Å². The van der Waals surface area contributed by atoms with Gasteiger partial charge in [0, 0.05) is 6.54 Å². The van der Waals surface area contributed by atoms with Gasteiger partial charge in [-0.1, -0.05) is 36.4 Å². The monoisotopic (exact) mass is 263 g/mol. The van der Waals surface area contributed by atoms with Gasteiger partial charge in [-0.25, -0.2) is 5.48 Å². The molecule has 0 aliphatic rings. The maximum Gasteiger partial charge on any atom is 0.307 e. The molecule has 4 nitrogen and oxygen atoms in total. The Morgan fingerprint density at radius 2 is 2.16 bits per heavy atom. The Bertz CT molecular complexity index is 378. The smallest absolute Gasteiger partial charge is 0.307 e. The molecule has 1 unspecified atom stereocenters. The Morgan fingerprint density at radius 1 is 1.42 bits per heavy atom. The molecule has 0 aromatic heterocycles. The molecule has 0 bridgehead atoms. The molecule has 1 atom stereocenters. The van der Waals surface area contributed by atoms with Gasteiger partial charge in [-0.3, -0.25) is 9.63 Å². The fourth-order valence-corrected chi connectivity index (χ4v) is 1.69. The average molecular weight is 263 g/mol. The number of hydrogen-bond donors (Lipinski definition) is 2. The number of carboxylic acid groups (broad SMARTS) is 1. The van der Waals surface area contributed by atoms with E-state index in [-0.39, 0.29) is 0 Å². The third-order valence-corrected chi connectivity index (χ3v) is 2.82. The fourth-order valence-electron chi connectivity index (χ4n) is 1.69. The minimum absolute atomic E-state index is 0.319. The van der Waals surface area contributed by atoms with E-state index in [2.05, 4.69) is 12.1 Å². The Morgan fingerprint density at radius 3 is 2.79 bits per heavy atom. The predicted molar refractivity (Wildman–Crippen MR) is 74.4 cm³/mol. The number of hydrogen-bond acceptors (Lipinski definition) is 3. The molecule has 0 heterocycles. The molecule has 0 radical (unpaired) electrons. The molecule has 0 saturated carbocycles. The number of carbonyl (C=O) groups is 1. The molecule has 1 aromatic rings. The third-order valence-electron chi connectivity index (χ3n) is 2.82. The number of nitrogens with one attached hydrogen (secondary N) is 1. The fraction of sp³-hybridized carbons (Fsp3) is 0.400. The van der Waals surface area contributed by atoms with E-state index in [0.29, 0.717) is 19.6 Å². The molecule has 0 amide bonds. The summed E-state index contributed by atoms with van der Waals surface area (Å²) in [6.07, 6.45) is 4.11. The Labute approximate surface area is 114 Å². The third kappa shape index (κ3) is 6.74. The highest BCUT2D eigenvalue weighted by atomic mass is 16.6. The van der Waals surface area contributed by atoms with Crippen LogP contribution < -0.4 is 5.48 Å². The van der Waals surface area contributed by atoms with Crippen molar-refractivity contribution >= 4 is 5.97 Å². The number of carboxylic acids is 1. The van der Waals surface area contributed by atoms with Crippen molar-refractivity contribution in [2.75, 3.05) is 6.54 Å². The van der Waals surface area contributed by atoms with Crippen LogP contribution in [-0.2, 0) is 16.2 Å². The second kappa shape index (κ2) is 9.30. The first-order valence-corrected chi connectivity index (χ1v) is 6.46. The SMILES string of the molecule is C=CCCCC(CNOCc1ccccc1)C(=O)O. The van der Waals surface area contributed by atoms with Gasteiger partial charge >= 0.3 is 5.97 Å². The first-order valence-electron chi connectivity index (χ1n) is 6.46. The molecule has 0 fully saturated rings. The van der Waals surface area contributed by atoms with Crippen LogP contribution in [0.2, 0.25) is 0 Å². The van der Waals surface area contributed by atoms with Crippen LogP contribution in [0.15, 0.2) is 43.0 Å². The molecule has 1 rings (SSSR count). The second-order valence-corrected chi connectivity index (χ2v) is 4.38. The average Bonchev–Trinajstić information content (AvgIpc) is 2.42. The number of hydroxylamine groups is 1. The van der Waals surface area contributed by atoms with E-state index in [1.54, 1.807) is 6.08 Å². The summed E-state index contributed by atoms with van der Waals surface area (Å²) in [5, 5.41) is 9.07. The van der Waals surface area contributed by atoms with Gasteiger partial charge in [0.05, 0.1) is 12.5 Å². The summed E-state index contributed by atoms with van der Waals surface area (Å²) in [7, 11) is 0. The van der Waals surface area contributed by atoms with Crippen molar-refractivity contribution in [1.82, 2.24) is 5.48 Å². The van der Waals surface area contributed by atoms with E-state index in [0.717, 1.165) is 18.4 Å². The van der Waals surface area contributed by atoms with Crippen molar-refractivity contribution in [3.8, 4) is 0 Å². The maximum absolute atomic E-state index is 11.0. The molecule has 1 aromatic carbocycles. The van der Waals surface area contributed by atoms with Crippen molar-refractivity contribution < 1.29 is 14.7 Å². The Kier molecular flexibility index (Phi) is 7.54. The molecule has 19 heavy (non-hydrogen) atoms. The van der Waals surface area contributed by atoms with E-state index in [1.807, 2.05) is 30.3 Å². The van der Waals surface area contributed by atoms with Gasteiger partial charge in [0.1, 0.15) is 0 Å². The van der Waals surface area contributed by atoms with Crippen molar-refractivity contribution in [3.05, 3.63) is 48.6 Å². The molecule has 104 valence electrons. The van der Waals surface area contributed by atoms with E-state index < -0.39 is 11.9 Å². The zero-order valence-electron chi connectivity index (χ0n) is 11.0. The van der Waals surface area contributed by atoms with Crippen LogP contribution in [-0.4, -0.2) is 17.6 Å². The zero-order chi connectivity index (χ0) is 13.9. The molecule has 0 spiro atoms. The highest BCUT2D eigenvalue weighted by Gasteiger charge is 2.16. The van der Waals surface area contributed by atoms with Crippen LogP contribution in [0.25, 0.3) is 0 Å². The van der Waals surface area contributed by atoms with Gasteiger partial charge in [-0.05, 0) is 24.8 Å². The van der Waals surface area contributed by atoms with Gasteiger partial charge in [-0.15, -0.1) is 6.58 Å². The molecule has 0 aliphatic heterocycles. The van der Waals surface area contributed by atoms with Gasteiger partial charge in [0.2, 0.25) is 0 Å². The number of allylic oxidation sites excluding steroid dienone is 1. The van der Waals surface area contributed by atoms with E-state index >= 15 is 0 Å². The second-order valence-electron chi connectivity index (χ2n) is 4.38. The van der Waals surface area contributed by atoms with Crippen LogP contribution in [0.1, 0.15) is 24.8 Å². The normalized spacial score (nSPS) is 12.0. The molecule has 2 N–H and O–H groups in total. The maximum atomic E-state index is 11.0. The zero-order valence-corrected chi connectivity index (χ0v) is 11.0. The summed E-state index contributed by atoms with van der Waals surface area (Å²) in [5.41, 5.74) is 3.79. The van der Waals surface area contributed by atoms with Crippen LogP contribution in [0.3, 0.4) is 0 Å². The minimum Gasteiger partial charge on any atom is -0.481 e. The number of benzene rings is 1. The molecule has 0 saturated heterocycles. The summed E-state index contributed by atoms with van der Waals surface area (Å²) in [6.45, 7) is 4.37. The topological polar surface area (TPSA) is 58.6 Å². The lowest BCUT2D eigenvalue weighted by atomic mass is 10.0. The van der Waals surface area contributed by atoms with E-state index in [4.69, 9.17) is 9.94 Å². The van der Waals surface area contributed by atoms with E-state index in [1.165, 1.54) is 0 Å². The van der Waals surface area contributed by atoms with Crippen LogP contribution in [0.4, 0.5) is 0 Å². The lowest BCUT2D eigenvalue weighted by Gasteiger charge is -2.12. The quantitative estimate of drug-likeness (QED) is 0.387. The van der Waals surface area contributed by atoms with Crippen LogP contribution >= 0.6 is 0 Å². The molecule has 4 heteroatoms. The summed E-state index contributed by atoms with van der Waals surface area (Å²) in [5.74, 6) is -1.21. The number of aliphatic carboxylic acids is 1. The molecular formula is C15H21NO3. The van der Waals surface area contributed by atoms with Crippen LogP contribution in [0, 0.1) is 5.92 Å². The predicted octanol–water partition coefficient (Wildman–Crippen LogP) is 2.76. The lowest BCUT2D eigenvalue weighted by molar-refractivity contribution is -0.143. The van der Waals surface area contributed by atoms with Crippen molar-refractivity contribution in [2.45, 2.75) is 25.9 Å². The summed E-state index contributed by atoms with van der Waals surface area (Å²) >= 11 is 0. The standard InChI is InChI=1S/C15H21NO3/c1-2-3-5-10-14(15(17)18)11-16-19-12-13-8-6-4-7-9-13/h2,4,6-9,14,16H,1,3,5,10-12H2,(H,17,18). The summed E-state index contributed by atoms with van der Waals surface area (Å²) < 4.78 is 0. The van der Waals surface area contributed by atoms with Gasteiger partial charge in [0.15, 0.2) is 0 Å². The largest absolute Gasteiger partial charge is 0.481 e. The highest BCUT2D eigenvalue weighted by molar-refractivity contribution is 5.70. The lowest BCUT2D eigenvalue weighted by Crippen LogP contribution is -2.28. The van der Waals surface area contributed by atoms with Gasteiger partial charge in [0.25, 0.3) is 0 Å². The summed E-state index contributed by atoms with van der Waals surface area (Å²) in [6, 6.07) is 9.74. The van der Waals surface area contributed by atoms with Gasteiger partial charge < -0.3 is 5.11 Å². The Hall–Kier alpha value is -1.65. The van der Waals surface area contributed by atoms with E-state index in [9.17, 15) is 4.79 Å². The first-order chi connectivity index (χ1) is 9.24. The highest BCUT2D eigenvalue weighted by Crippen LogP contribution is 2.08. The molecule has 0 aliphatic carbocycles. The minimum atomic E-state index is -0.792. The first kappa shape index (κ1) is 15.4. The van der Waals surface area contributed by atoms with Crippen molar-refractivity contribution in [2.24, 2.45) is 5.92 Å². The number of unbranched alkanes of at least 4 members (excludes halogenated alkanes) is 1. The Balaban J connectivity index is 2.21. The summed E-state index contributed by atoms with van der Waals surface area (Å²) in [4.78, 5) is 16.3. The number of rotatable bonds is 10. The van der Waals surface area contributed by atoms with Crippen molar-refractivity contribution in [1.29, 1.82) is 0 Å². The van der Waals surface area contributed by atoms with Gasteiger partial charge in [-0.2, -0.15) is 0 Å². The molecular weight excluding hydrogens is 242 g/mol. The van der Waals surface area contributed by atoms with Crippen molar-refractivity contribution in [3.63, 3.8) is 0 Å².